The van der Waals surface area contributed by atoms with Crippen LogP contribution in [0.15, 0.2) is 66.9 Å². The van der Waals surface area contributed by atoms with Crippen LogP contribution in [0, 0.1) is 5.82 Å². The predicted octanol–water partition coefficient (Wildman–Crippen LogP) is 4.14. The van der Waals surface area contributed by atoms with Crippen LogP contribution >= 0.6 is 0 Å². The van der Waals surface area contributed by atoms with Crippen LogP contribution in [-0.4, -0.2) is 9.97 Å². The molecular weight excluding hydrogens is 277 g/mol. The van der Waals surface area contributed by atoms with Crippen molar-refractivity contribution in [3.63, 3.8) is 0 Å². The molecule has 4 heteroatoms. The summed E-state index contributed by atoms with van der Waals surface area (Å²) < 4.78 is 13.9. The van der Waals surface area contributed by atoms with Crippen LogP contribution in [0.4, 0.5) is 16.0 Å². The second kappa shape index (κ2) is 6.80. The van der Waals surface area contributed by atoms with E-state index in [4.69, 9.17) is 0 Å². The maximum Gasteiger partial charge on any atom is 0.227 e. The highest BCUT2D eigenvalue weighted by Gasteiger charge is 2.07. The largest absolute Gasteiger partial charge is 0.324 e. The van der Waals surface area contributed by atoms with Gasteiger partial charge in [-0.15, -0.1) is 0 Å². The van der Waals surface area contributed by atoms with E-state index in [-0.39, 0.29) is 5.82 Å². The molecule has 1 N–H and O–H groups in total. The molecule has 0 aliphatic carbocycles. The molecule has 0 radical (unpaired) electrons. The summed E-state index contributed by atoms with van der Waals surface area (Å²) in [5.74, 6) is 0.0465. The molecule has 2 aromatic carbocycles. The Hall–Kier alpha value is -2.75. The molecule has 0 unspecified atom stereocenters. The fourth-order valence-electron chi connectivity index (χ4n) is 2.20. The third-order valence-electron chi connectivity index (χ3n) is 3.34. The highest BCUT2D eigenvalue weighted by molar-refractivity contribution is 5.52. The number of anilines is 2. The molecule has 0 spiro atoms. The topological polar surface area (TPSA) is 37.8 Å². The van der Waals surface area contributed by atoms with E-state index in [2.05, 4.69) is 15.3 Å². The number of hydrogen-bond donors (Lipinski definition) is 1. The summed E-state index contributed by atoms with van der Waals surface area (Å²) in [4.78, 5) is 8.28. The number of rotatable bonds is 5. The van der Waals surface area contributed by atoms with Crippen molar-refractivity contribution in [1.82, 2.24) is 9.97 Å². The normalized spacial score (nSPS) is 10.4. The Kier molecular flexibility index (Phi) is 4.39. The molecule has 0 amide bonds. The standard InChI is InChI=1S/C18H16FN3/c19-16-13-20-18(21-15-9-5-2-6-10-15)22-17(16)12-11-14-7-3-1-4-8-14/h1-10,13H,11-12H2,(H,20,21,22). The van der Waals surface area contributed by atoms with Crippen LogP contribution in [0.5, 0.6) is 0 Å². The average Bonchev–Trinajstić information content (AvgIpc) is 2.57. The van der Waals surface area contributed by atoms with Crippen molar-refractivity contribution in [1.29, 1.82) is 0 Å². The Bertz CT molecular complexity index is 730. The van der Waals surface area contributed by atoms with Crippen molar-refractivity contribution < 1.29 is 4.39 Å². The highest BCUT2D eigenvalue weighted by atomic mass is 19.1. The Morgan fingerprint density at radius 1 is 0.864 bits per heavy atom. The van der Waals surface area contributed by atoms with E-state index in [0.29, 0.717) is 18.1 Å². The molecule has 1 heterocycles. The molecule has 3 rings (SSSR count). The van der Waals surface area contributed by atoms with E-state index in [1.807, 2.05) is 60.7 Å². The lowest BCUT2D eigenvalue weighted by Gasteiger charge is -2.07. The third-order valence-corrected chi connectivity index (χ3v) is 3.34. The second-order valence-corrected chi connectivity index (χ2v) is 4.96. The fourth-order valence-corrected chi connectivity index (χ4v) is 2.20. The number of nitrogens with one attached hydrogen (secondary N) is 1. The van der Waals surface area contributed by atoms with Crippen molar-refractivity contribution in [3.8, 4) is 0 Å². The van der Waals surface area contributed by atoms with Crippen LogP contribution in [-0.2, 0) is 12.8 Å². The number of halogens is 1. The van der Waals surface area contributed by atoms with Crippen LogP contribution in [0.3, 0.4) is 0 Å². The number of nitrogens with zero attached hydrogens (tertiary/aromatic N) is 2. The zero-order chi connectivity index (χ0) is 15.2. The van der Waals surface area contributed by atoms with Gasteiger partial charge in [-0.25, -0.2) is 14.4 Å². The first-order valence-corrected chi connectivity index (χ1v) is 7.19. The molecule has 22 heavy (non-hydrogen) atoms. The summed E-state index contributed by atoms with van der Waals surface area (Å²) in [5.41, 5.74) is 2.47. The fraction of sp³-hybridized carbons (Fsp3) is 0.111. The summed E-state index contributed by atoms with van der Waals surface area (Å²) in [7, 11) is 0. The summed E-state index contributed by atoms with van der Waals surface area (Å²) >= 11 is 0. The van der Waals surface area contributed by atoms with Crippen molar-refractivity contribution in [2.45, 2.75) is 12.8 Å². The number of aromatic nitrogens is 2. The van der Waals surface area contributed by atoms with E-state index >= 15 is 0 Å². The van der Waals surface area contributed by atoms with Gasteiger partial charge in [0.1, 0.15) is 0 Å². The van der Waals surface area contributed by atoms with E-state index in [1.165, 1.54) is 6.20 Å². The van der Waals surface area contributed by atoms with Gasteiger partial charge in [-0.2, -0.15) is 0 Å². The monoisotopic (exact) mass is 293 g/mol. The van der Waals surface area contributed by atoms with Crippen LogP contribution in [0.25, 0.3) is 0 Å². The molecule has 0 saturated carbocycles. The number of hydrogen-bond acceptors (Lipinski definition) is 3. The van der Waals surface area contributed by atoms with Gasteiger partial charge in [-0.1, -0.05) is 48.5 Å². The minimum Gasteiger partial charge on any atom is -0.324 e. The first-order chi connectivity index (χ1) is 10.8. The van der Waals surface area contributed by atoms with Gasteiger partial charge >= 0.3 is 0 Å². The molecule has 0 saturated heterocycles. The Morgan fingerprint density at radius 2 is 1.55 bits per heavy atom. The second-order valence-electron chi connectivity index (χ2n) is 4.96. The van der Waals surface area contributed by atoms with Gasteiger partial charge in [-0.3, -0.25) is 0 Å². The summed E-state index contributed by atoms with van der Waals surface area (Å²) in [6, 6.07) is 19.6. The molecule has 110 valence electrons. The maximum atomic E-state index is 13.9. The Balaban J connectivity index is 1.72. The average molecular weight is 293 g/mol. The Morgan fingerprint density at radius 3 is 2.27 bits per heavy atom. The maximum absolute atomic E-state index is 13.9. The summed E-state index contributed by atoms with van der Waals surface area (Å²) in [6.07, 6.45) is 2.51. The van der Waals surface area contributed by atoms with Gasteiger partial charge in [-0.05, 0) is 30.5 Å². The lowest BCUT2D eigenvalue weighted by molar-refractivity contribution is 0.590. The number of benzene rings is 2. The molecule has 0 aliphatic heterocycles. The Labute approximate surface area is 128 Å². The molecule has 0 aliphatic rings. The predicted molar refractivity (Wildman–Crippen MR) is 85.6 cm³/mol. The highest BCUT2D eigenvalue weighted by Crippen LogP contribution is 2.15. The summed E-state index contributed by atoms with van der Waals surface area (Å²) in [6.45, 7) is 0. The van der Waals surface area contributed by atoms with Gasteiger partial charge in [0.05, 0.1) is 11.9 Å². The zero-order valence-corrected chi connectivity index (χ0v) is 12.0. The zero-order valence-electron chi connectivity index (χ0n) is 12.0. The number of aryl methyl sites for hydroxylation is 2. The lowest BCUT2D eigenvalue weighted by atomic mass is 10.1. The minimum atomic E-state index is -0.366. The quantitative estimate of drug-likeness (QED) is 0.768. The number of para-hydroxylation sites is 1. The van der Waals surface area contributed by atoms with Gasteiger partial charge < -0.3 is 5.32 Å². The van der Waals surface area contributed by atoms with Gasteiger partial charge in [0, 0.05) is 5.69 Å². The van der Waals surface area contributed by atoms with E-state index in [9.17, 15) is 4.39 Å². The van der Waals surface area contributed by atoms with Gasteiger partial charge in [0.2, 0.25) is 5.95 Å². The molecule has 0 atom stereocenters. The van der Waals surface area contributed by atoms with Crippen molar-refractivity contribution in [2.75, 3.05) is 5.32 Å². The van der Waals surface area contributed by atoms with Gasteiger partial charge in [0.25, 0.3) is 0 Å². The van der Waals surface area contributed by atoms with Crippen LogP contribution in [0.1, 0.15) is 11.3 Å². The van der Waals surface area contributed by atoms with Crippen molar-refractivity contribution in [2.24, 2.45) is 0 Å². The van der Waals surface area contributed by atoms with E-state index < -0.39 is 0 Å². The SMILES string of the molecule is Fc1cnc(Nc2ccccc2)nc1CCc1ccccc1. The molecule has 3 aromatic rings. The molecule has 0 fully saturated rings. The van der Waals surface area contributed by atoms with Crippen LogP contribution < -0.4 is 5.32 Å². The van der Waals surface area contributed by atoms with Crippen molar-refractivity contribution in [3.05, 3.63) is 83.9 Å². The smallest absolute Gasteiger partial charge is 0.227 e. The first-order valence-electron chi connectivity index (χ1n) is 7.19. The van der Waals surface area contributed by atoms with Crippen molar-refractivity contribution >= 4 is 11.6 Å². The molecule has 0 bridgehead atoms. The van der Waals surface area contributed by atoms with E-state index in [1.54, 1.807) is 0 Å². The minimum absolute atomic E-state index is 0.366. The van der Waals surface area contributed by atoms with Crippen LogP contribution in [0.2, 0.25) is 0 Å². The summed E-state index contributed by atoms with van der Waals surface area (Å²) in [5, 5.41) is 3.08. The molecule has 1 aromatic heterocycles. The molecular formula is C18H16FN3. The molecule has 3 nitrogen and oxygen atoms in total. The van der Waals surface area contributed by atoms with Gasteiger partial charge in [0.15, 0.2) is 5.82 Å². The third kappa shape index (κ3) is 3.67. The lowest BCUT2D eigenvalue weighted by Crippen LogP contribution is -2.04. The van der Waals surface area contributed by atoms with E-state index in [0.717, 1.165) is 17.7 Å². The first kappa shape index (κ1) is 14.2.